The Kier molecular flexibility index (Phi) is 5.13. The van der Waals surface area contributed by atoms with Crippen LogP contribution in [0.1, 0.15) is 68.8 Å². The summed E-state index contributed by atoms with van der Waals surface area (Å²) in [5, 5.41) is 5.85. The van der Waals surface area contributed by atoms with E-state index in [0.29, 0.717) is 30.4 Å². The first-order valence-corrected chi connectivity index (χ1v) is 10.7. The molecule has 6 heteroatoms. The Morgan fingerprint density at radius 2 is 1.72 bits per heavy atom. The molecule has 6 nitrogen and oxygen atoms in total. The van der Waals surface area contributed by atoms with Crippen LogP contribution in [0.15, 0.2) is 18.2 Å². The van der Waals surface area contributed by atoms with Crippen LogP contribution in [0, 0.1) is 17.8 Å². The van der Waals surface area contributed by atoms with Crippen molar-refractivity contribution in [2.75, 3.05) is 5.32 Å². The van der Waals surface area contributed by atoms with Crippen LogP contribution < -0.4 is 10.6 Å². The number of rotatable bonds is 6. The smallest absolute Gasteiger partial charge is 0.408 e. The normalized spacial score (nSPS) is 19.7. The molecule has 2 N–H and O–H groups in total. The Labute approximate surface area is 171 Å². The summed E-state index contributed by atoms with van der Waals surface area (Å²) in [5.74, 6) is 1.09. The maximum absolute atomic E-state index is 13.2. The molecule has 3 aliphatic rings. The molecule has 2 amide bonds. The highest BCUT2D eigenvalue weighted by Gasteiger charge is 2.48. The van der Waals surface area contributed by atoms with Gasteiger partial charge < -0.3 is 15.4 Å². The lowest BCUT2D eigenvalue weighted by Gasteiger charge is -2.29. The zero-order valence-electron chi connectivity index (χ0n) is 17.4. The third-order valence-electron chi connectivity index (χ3n) is 5.97. The second-order valence-corrected chi connectivity index (χ2v) is 9.66. The van der Waals surface area contributed by atoms with Crippen LogP contribution in [-0.2, 0) is 16.0 Å². The molecule has 0 radical (unpaired) electrons. The maximum atomic E-state index is 13.2. The van der Waals surface area contributed by atoms with E-state index in [2.05, 4.69) is 10.6 Å². The van der Waals surface area contributed by atoms with Gasteiger partial charge in [-0.25, -0.2) is 4.79 Å². The molecular weight excluding hydrogens is 368 g/mol. The Balaban J connectivity index is 1.51. The van der Waals surface area contributed by atoms with Crippen molar-refractivity contribution in [3.8, 4) is 0 Å². The summed E-state index contributed by atoms with van der Waals surface area (Å²) in [6.07, 6.45) is 5.14. The summed E-state index contributed by atoms with van der Waals surface area (Å²) in [4.78, 5) is 37.5. The lowest BCUT2D eigenvalue weighted by Crippen LogP contribution is -2.51. The number of alkyl carbamates (subject to hydrolysis) is 1. The fourth-order valence-electron chi connectivity index (χ4n) is 4.42. The number of aryl methyl sites for hydroxylation is 1. The van der Waals surface area contributed by atoms with Gasteiger partial charge in [-0.1, -0.05) is 0 Å². The van der Waals surface area contributed by atoms with Gasteiger partial charge in [0.2, 0.25) is 5.91 Å². The van der Waals surface area contributed by atoms with Crippen molar-refractivity contribution in [3.05, 3.63) is 29.3 Å². The highest BCUT2D eigenvalue weighted by atomic mass is 16.6. The molecule has 0 aromatic heterocycles. The molecule has 0 bridgehead atoms. The van der Waals surface area contributed by atoms with Crippen LogP contribution in [0.2, 0.25) is 0 Å². The largest absolute Gasteiger partial charge is 0.444 e. The number of fused-ring (bicyclic) bond motifs is 1. The van der Waals surface area contributed by atoms with Gasteiger partial charge in [0.05, 0.1) is 0 Å². The summed E-state index contributed by atoms with van der Waals surface area (Å²) >= 11 is 0. The molecule has 0 heterocycles. The number of carbonyl (C=O) groups is 3. The average Bonchev–Trinajstić information content (AvgIpc) is 3.54. The van der Waals surface area contributed by atoms with Crippen molar-refractivity contribution < 1.29 is 19.1 Å². The zero-order chi connectivity index (χ0) is 20.8. The van der Waals surface area contributed by atoms with Crippen molar-refractivity contribution in [1.29, 1.82) is 0 Å². The Bertz CT molecular complexity index is 822. The highest BCUT2D eigenvalue weighted by molar-refractivity contribution is 6.02. The van der Waals surface area contributed by atoms with Crippen LogP contribution >= 0.6 is 0 Å². The van der Waals surface area contributed by atoms with E-state index in [1.807, 2.05) is 26.8 Å². The molecule has 29 heavy (non-hydrogen) atoms. The zero-order valence-corrected chi connectivity index (χ0v) is 17.4. The van der Waals surface area contributed by atoms with Gasteiger partial charge in [-0.3, -0.25) is 9.59 Å². The Morgan fingerprint density at radius 1 is 1.07 bits per heavy atom. The number of nitrogens with one attached hydrogen (secondary N) is 2. The monoisotopic (exact) mass is 398 g/mol. The number of amides is 2. The minimum absolute atomic E-state index is 0.151. The molecule has 156 valence electrons. The van der Waals surface area contributed by atoms with Crippen LogP contribution in [-0.4, -0.2) is 29.4 Å². The molecular formula is C23H30N2O4. The average molecular weight is 399 g/mol. The van der Waals surface area contributed by atoms with Crippen molar-refractivity contribution in [2.24, 2.45) is 17.8 Å². The first-order chi connectivity index (χ1) is 13.7. The number of ketones is 1. The van der Waals surface area contributed by atoms with Gasteiger partial charge in [-0.2, -0.15) is 0 Å². The number of benzene rings is 1. The quantitative estimate of drug-likeness (QED) is 0.756. The molecule has 4 rings (SSSR count). The summed E-state index contributed by atoms with van der Waals surface area (Å²) in [7, 11) is 0. The summed E-state index contributed by atoms with van der Waals surface area (Å²) in [6, 6.07) is 4.83. The third kappa shape index (κ3) is 4.80. The number of hydrogen-bond donors (Lipinski definition) is 2. The fraction of sp³-hybridized carbons (Fsp3) is 0.609. The molecule has 0 saturated heterocycles. The first kappa shape index (κ1) is 19.9. The van der Waals surface area contributed by atoms with E-state index < -0.39 is 17.7 Å². The lowest BCUT2D eigenvalue weighted by atomic mass is 9.88. The van der Waals surface area contributed by atoms with E-state index in [0.717, 1.165) is 36.8 Å². The summed E-state index contributed by atoms with van der Waals surface area (Å²) < 4.78 is 5.42. The lowest BCUT2D eigenvalue weighted by molar-refractivity contribution is -0.120. The van der Waals surface area contributed by atoms with E-state index in [1.165, 1.54) is 0 Å². The third-order valence-corrected chi connectivity index (χ3v) is 5.97. The molecule has 2 fully saturated rings. The highest BCUT2D eigenvalue weighted by Crippen LogP contribution is 2.51. The number of ether oxygens (including phenoxy) is 1. The second kappa shape index (κ2) is 7.47. The minimum atomic E-state index is -0.619. The number of anilines is 1. The standard InChI is InChI=1S/C23H30N2O4/c1-23(2,3)29-22(28)25-20(19(13-4-5-13)14-6-7-14)21(27)24-16-9-10-17-15(12-16)8-11-18(17)26/h9-10,12-14,19-20H,4-8,11H2,1-3H3,(H,24,27)(H,25,28)/t20-/m0/s1. The van der Waals surface area contributed by atoms with Gasteiger partial charge in [-0.05, 0) is 94.4 Å². The van der Waals surface area contributed by atoms with Crippen LogP contribution in [0.25, 0.3) is 0 Å². The molecule has 0 aliphatic heterocycles. The number of carbonyl (C=O) groups excluding carboxylic acids is 3. The van der Waals surface area contributed by atoms with E-state index >= 15 is 0 Å². The van der Waals surface area contributed by atoms with Crippen LogP contribution in [0.3, 0.4) is 0 Å². The molecule has 3 aliphatic carbocycles. The van der Waals surface area contributed by atoms with Crippen molar-refractivity contribution >= 4 is 23.5 Å². The Hall–Kier alpha value is -2.37. The fourth-order valence-corrected chi connectivity index (χ4v) is 4.42. The van der Waals surface area contributed by atoms with Gasteiger partial charge in [0, 0.05) is 17.7 Å². The number of hydrogen-bond acceptors (Lipinski definition) is 4. The van der Waals surface area contributed by atoms with E-state index in [4.69, 9.17) is 4.74 Å². The van der Waals surface area contributed by atoms with Gasteiger partial charge in [0.1, 0.15) is 11.6 Å². The second-order valence-electron chi connectivity index (χ2n) is 9.66. The predicted molar refractivity (Wildman–Crippen MR) is 110 cm³/mol. The molecule has 2 saturated carbocycles. The molecule has 1 aromatic carbocycles. The van der Waals surface area contributed by atoms with Crippen molar-refractivity contribution in [1.82, 2.24) is 5.32 Å². The van der Waals surface area contributed by atoms with E-state index in [9.17, 15) is 14.4 Å². The Morgan fingerprint density at radius 3 is 2.31 bits per heavy atom. The van der Waals surface area contributed by atoms with E-state index in [1.54, 1.807) is 12.1 Å². The summed E-state index contributed by atoms with van der Waals surface area (Å²) in [5.41, 5.74) is 1.78. The van der Waals surface area contributed by atoms with Crippen molar-refractivity contribution in [3.63, 3.8) is 0 Å². The maximum Gasteiger partial charge on any atom is 0.408 e. The van der Waals surface area contributed by atoms with Crippen LogP contribution in [0.4, 0.5) is 10.5 Å². The molecule has 0 unspecified atom stereocenters. The topological polar surface area (TPSA) is 84.5 Å². The van der Waals surface area contributed by atoms with Gasteiger partial charge in [0.15, 0.2) is 5.78 Å². The molecule has 1 atom stereocenters. The predicted octanol–water partition coefficient (Wildman–Crippen LogP) is 4.08. The minimum Gasteiger partial charge on any atom is -0.444 e. The van der Waals surface area contributed by atoms with Gasteiger partial charge >= 0.3 is 6.09 Å². The van der Waals surface area contributed by atoms with Gasteiger partial charge in [0.25, 0.3) is 0 Å². The van der Waals surface area contributed by atoms with Crippen molar-refractivity contribution in [2.45, 2.75) is 70.9 Å². The summed E-state index contributed by atoms with van der Waals surface area (Å²) in [6.45, 7) is 5.44. The van der Waals surface area contributed by atoms with Crippen LogP contribution in [0.5, 0.6) is 0 Å². The first-order valence-electron chi connectivity index (χ1n) is 10.7. The molecule has 1 aromatic rings. The van der Waals surface area contributed by atoms with E-state index in [-0.39, 0.29) is 17.6 Å². The number of Topliss-reactive ketones (excluding diaryl/α,β-unsaturated/α-hetero) is 1. The molecule has 0 spiro atoms. The SMILES string of the molecule is CC(C)(C)OC(=O)N[C@H](C(=O)Nc1ccc2c(c1)CCC2=O)C(C1CC1)C1CC1. The van der Waals surface area contributed by atoms with Gasteiger partial charge in [-0.15, -0.1) is 0 Å².